The molecule has 3 nitrogen and oxygen atoms in total. The van der Waals surface area contributed by atoms with Crippen molar-refractivity contribution in [2.24, 2.45) is 0 Å². The number of hydrogen-bond donors (Lipinski definition) is 0. The zero-order valence-corrected chi connectivity index (χ0v) is 23.4. The summed E-state index contributed by atoms with van der Waals surface area (Å²) in [5.74, 6) is 2.03. The van der Waals surface area contributed by atoms with Gasteiger partial charge in [-0.2, -0.15) is 0 Å². The van der Waals surface area contributed by atoms with Crippen LogP contribution in [0.3, 0.4) is 0 Å². The normalized spacial score (nSPS) is 13.8. The van der Waals surface area contributed by atoms with Crippen molar-refractivity contribution in [3.8, 4) is 45.3 Å². The van der Waals surface area contributed by atoms with Crippen LogP contribution < -0.4 is 0 Å². The number of fused-ring (bicyclic) bond motifs is 1. The summed E-state index contributed by atoms with van der Waals surface area (Å²) >= 11 is 0. The van der Waals surface area contributed by atoms with Gasteiger partial charge in [-0.1, -0.05) is 123 Å². The number of hydrogen-bond acceptors (Lipinski definition) is 3. The van der Waals surface area contributed by atoms with Crippen molar-refractivity contribution in [1.29, 1.82) is 0 Å². The van der Waals surface area contributed by atoms with Gasteiger partial charge in [0.25, 0.3) is 0 Å². The molecule has 0 unspecified atom stereocenters. The molecule has 0 radical (unpaired) electrons. The fourth-order valence-corrected chi connectivity index (χ4v) is 5.61. The largest absolute Gasteiger partial charge is 0.208 e. The van der Waals surface area contributed by atoms with Crippen LogP contribution in [0.25, 0.3) is 50.9 Å². The van der Waals surface area contributed by atoms with Gasteiger partial charge < -0.3 is 0 Å². The minimum Gasteiger partial charge on any atom is -0.208 e. The third kappa shape index (κ3) is 4.69. The molecule has 0 N–H and O–H groups in total. The van der Waals surface area contributed by atoms with Crippen LogP contribution in [-0.2, 0) is 5.41 Å². The third-order valence-corrected chi connectivity index (χ3v) is 8.18. The van der Waals surface area contributed by atoms with E-state index in [1.807, 2.05) is 42.5 Å². The minimum absolute atomic E-state index is 0.0484. The fourth-order valence-electron chi connectivity index (χ4n) is 5.61. The van der Waals surface area contributed by atoms with E-state index >= 15 is 0 Å². The van der Waals surface area contributed by atoms with Gasteiger partial charge in [-0.25, -0.2) is 15.0 Å². The van der Waals surface area contributed by atoms with E-state index in [0.717, 1.165) is 35.1 Å². The van der Waals surface area contributed by atoms with Crippen molar-refractivity contribution in [3.05, 3.63) is 132 Å². The molecule has 1 aromatic heterocycles. The Morgan fingerprint density at radius 1 is 0.625 bits per heavy atom. The second kappa shape index (κ2) is 10.5. The SMILES string of the molecule is C=CCCC1=C(C)C(C)(C)c2cc(-c3nc(-c4ccccc4)nc(-c4ccc(-c5ccccc5)cc4)n3)ccc21. The van der Waals surface area contributed by atoms with E-state index in [-0.39, 0.29) is 5.41 Å². The summed E-state index contributed by atoms with van der Waals surface area (Å²) in [4.78, 5) is 14.9. The smallest absolute Gasteiger partial charge is 0.164 e. The first-order valence-corrected chi connectivity index (χ1v) is 13.9. The number of aromatic nitrogens is 3. The zero-order valence-electron chi connectivity index (χ0n) is 23.4. The van der Waals surface area contributed by atoms with Crippen LogP contribution in [0.2, 0.25) is 0 Å². The molecule has 0 amide bonds. The highest BCUT2D eigenvalue weighted by molar-refractivity contribution is 5.82. The predicted molar refractivity (Wildman–Crippen MR) is 167 cm³/mol. The van der Waals surface area contributed by atoms with Crippen LogP contribution in [0, 0.1) is 0 Å². The van der Waals surface area contributed by atoms with Gasteiger partial charge >= 0.3 is 0 Å². The Hall–Kier alpha value is -4.63. The van der Waals surface area contributed by atoms with Crippen molar-refractivity contribution < 1.29 is 0 Å². The van der Waals surface area contributed by atoms with Gasteiger partial charge in [0.15, 0.2) is 17.5 Å². The number of rotatable bonds is 7. The van der Waals surface area contributed by atoms with E-state index in [2.05, 4.69) is 94.1 Å². The Labute approximate surface area is 237 Å². The molecule has 6 rings (SSSR count). The first-order chi connectivity index (χ1) is 19.5. The first kappa shape index (κ1) is 25.6. The third-order valence-electron chi connectivity index (χ3n) is 8.18. The number of nitrogens with zero attached hydrogens (tertiary/aromatic N) is 3. The van der Waals surface area contributed by atoms with E-state index in [1.54, 1.807) is 0 Å². The summed E-state index contributed by atoms with van der Waals surface area (Å²) in [5, 5.41) is 0. The maximum Gasteiger partial charge on any atom is 0.164 e. The van der Waals surface area contributed by atoms with Crippen LogP contribution in [0.15, 0.2) is 121 Å². The van der Waals surface area contributed by atoms with Crippen molar-refractivity contribution in [2.45, 2.75) is 39.0 Å². The second-order valence-electron chi connectivity index (χ2n) is 10.9. The van der Waals surface area contributed by atoms with Gasteiger partial charge in [0, 0.05) is 22.1 Å². The Kier molecular flexibility index (Phi) is 6.73. The molecule has 0 fully saturated rings. The lowest BCUT2D eigenvalue weighted by Gasteiger charge is -2.23. The molecule has 40 heavy (non-hydrogen) atoms. The molecule has 4 aromatic carbocycles. The summed E-state index contributed by atoms with van der Waals surface area (Å²) < 4.78 is 0. The van der Waals surface area contributed by atoms with Gasteiger partial charge in [-0.05, 0) is 53.7 Å². The maximum absolute atomic E-state index is 5.01. The molecule has 0 bridgehead atoms. The average Bonchev–Trinajstić information content (AvgIpc) is 3.20. The molecule has 3 heteroatoms. The van der Waals surface area contributed by atoms with Gasteiger partial charge in [0.2, 0.25) is 0 Å². The van der Waals surface area contributed by atoms with Crippen LogP contribution in [0.4, 0.5) is 0 Å². The fraction of sp³-hybridized carbons (Fsp3) is 0.162. The van der Waals surface area contributed by atoms with Crippen molar-refractivity contribution in [2.75, 3.05) is 0 Å². The summed E-state index contributed by atoms with van der Waals surface area (Å²) in [5.41, 5.74) is 10.8. The minimum atomic E-state index is -0.0484. The van der Waals surface area contributed by atoms with E-state index < -0.39 is 0 Å². The molecular formula is C37H33N3. The van der Waals surface area contributed by atoms with Gasteiger partial charge in [-0.3, -0.25) is 0 Å². The Morgan fingerprint density at radius 3 is 1.70 bits per heavy atom. The molecule has 0 saturated carbocycles. The van der Waals surface area contributed by atoms with Gasteiger partial charge in [0.05, 0.1) is 0 Å². The number of benzene rings is 4. The number of allylic oxidation sites excluding steroid dienone is 3. The average molecular weight is 520 g/mol. The standard InChI is InChI=1S/C37H33N3/c1-5-6-17-31-25(2)37(3,4)33-24-30(22-23-32(31)33)36-39-34(28-15-11-8-12-16-28)38-35(40-36)29-20-18-27(19-21-29)26-13-9-7-10-14-26/h5,7-16,18-24H,1,6,17H2,2-4H3. The lowest BCUT2D eigenvalue weighted by molar-refractivity contribution is 0.638. The van der Waals surface area contributed by atoms with Crippen LogP contribution in [-0.4, -0.2) is 15.0 Å². The summed E-state index contributed by atoms with van der Waals surface area (Å²) in [6.07, 6.45) is 3.99. The van der Waals surface area contributed by atoms with Gasteiger partial charge in [-0.15, -0.1) is 6.58 Å². The van der Waals surface area contributed by atoms with E-state index in [0.29, 0.717) is 17.5 Å². The molecule has 1 aliphatic carbocycles. The van der Waals surface area contributed by atoms with Gasteiger partial charge in [0.1, 0.15) is 0 Å². The van der Waals surface area contributed by atoms with Crippen LogP contribution >= 0.6 is 0 Å². The molecule has 0 aliphatic heterocycles. The van der Waals surface area contributed by atoms with Crippen molar-refractivity contribution in [3.63, 3.8) is 0 Å². The Balaban J connectivity index is 1.45. The molecule has 0 atom stereocenters. The maximum atomic E-state index is 5.01. The summed E-state index contributed by atoms with van der Waals surface area (Å²) in [7, 11) is 0. The van der Waals surface area contributed by atoms with Crippen molar-refractivity contribution in [1.82, 2.24) is 15.0 Å². The quantitative estimate of drug-likeness (QED) is 0.201. The molecule has 196 valence electrons. The highest BCUT2D eigenvalue weighted by Crippen LogP contribution is 2.48. The lowest BCUT2D eigenvalue weighted by atomic mass is 9.81. The lowest BCUT2D eigenvalue weighted by Crippen LogP contribution is -2.15. The highest BCUT2D eigenvalue weighted by Gasteiger charge is 2.35. The summed E-state index contributed by atoms with van der Waals surface area (Å²) in [6.45, 7) is 10.8. The monoisotopic (exact) mass is 519 g/mol. The van der Waals surface area contributed by atoms with E-state index in [1.165, 1.54) is 27.8 Å². The summed E-state index contributed by atoms with van der Waals surface area (Å²) in [6, 6.07) is 35.7. The molecule has 0 spiro atoms. The highest BCUT2D eigenvalue weighted by atomic mass is 15.0. The molecule has 1 aliphatic rings. The second-order valence-corrected chi connectivity index (χ2v) is 10.9. The molecule has 5 aromatic rings. The first-order valence-electron chi connectivity index (χ1n) is 13.9. The van der Waals surface area contributed by atoms with Crippen LogP contribution in [0.1, 0.15) is 44.7 Å². The molecular weight excluding hydrogens is 486 g/mol. The molecule has 0 saturated heterocycles. The molecule has 1 heterocycles. The zero-order chi connectivity index (χ0) is 27.7. The van der Waals surface area contributed by atoms with Crippen molar-refractivity contribution >= 4 is 5.57 Å². The Bertz CT molecular complexity index is 1710. The topological polar surface area (TPSA) is 38.7 Å². The predicted octanol–water partition coefficient (Wildman–Crippen LogP) is 9.57. The van der Waals surface area contributed by atoms with E-state index in [9.17, 15) is 0 Å². The Morgan fingerprint density at radius 2 is 1.10 bits per heavy atom. The van der Waals surface area contributed by atoms with E-state index in [4.69, 9.17) is 15.0 Å². The van der Waals surface area contributed by atoms with Crippen LogP contribution in [0.5, 0.6) is 0 Å².